The van der Waals surface area contributed by atoms with Gasteiger partial charge < -0.3 is 15.0 Å². The van der Waals surface area contributed by atoms with Crippen LogP contribution in [0.25, 0.3) is 11.0 Å². The Morgan fingerprint density at radius 3 is 2.90 bits per heavy atom. The number of nitrogens with one attached hydrogen (secondary N) is 1. The molecule has 0 amide bonds. The molecule has 10 heteroatoms. The monoisotopic (exact) mass is 443 g/mol. The van der Waals surface area contributed by atoms with Crippen molar-refractivity contribution >= 4 is 27.2 Å². The Morgan fingerprint density at radius 1 is 1.23 bits per heavy atom. The molecule has 0 spiro atoms. The highest BCUT2D eigenvalue weighted by molar-refractivity contribution is 7.84. The third-order valence-electron chi connectivity index (χ3n) is 6.43. The number of aliphatic hydroxyl groups is 1. The van der Waals surface area contributed by atoms with Gasteiger partial charge in [-0.05, 0) is 42.9 Å². The topological polar surface area (TPSA) is 132 Å². The van der Waals surface area contributed by atoms with Crippen LogP contribution < -0.4 is 10.5 Å². The van der Waals surface area contributed by atoms with Crippen molar-refractivity contribution in [3.8, 4) is 0 Å². The highest BCUT2D eigenvalue weighted by Crippen LogP contribution is 2.39. The number of aliphatic hydroxyl groups excluding tert-OH is 1. The third kappa shape index (κ3) is 4.03. The van der Waals surface area contributed by atoms with E-state index in [1.54, 1.807) is 6.33 Å². The first kappa shape index (κ1) is 20.4. The fourth-order valence-corrected chi connectivity index (χ4v) is 5.28. The van der Waals surface area contributed by atoms with Crippen LogP contribution in [0.5, 0.6) is 0 Å². The molecule has 1 fully saturated rings. The van der Waals surface area contributed by atoms with E-state index < -0.39 is 16.4 Å². The number of benzene rings is 1. The van der Waals surface area contributed by atoms with Gasteiger partial charge in [0.05, 0.1) is 24.1 Å². The molecule has 9 nitrogen and oxygen atoms in total. The van der Waals surface area contributed by atoms with Crippen molar-refractivity contribution in [1.29, 1.82) is 0 Å². The van der Waals surface area contributed by atoms with E-state index in [1.807, 2.05) is 16.8 Å². The highest BCUT2D eigenvalue weighted by atomic mass is 32.2. The number of aromatic nitrogens is 3. The number of nitrogens with zero attached hydrogens (tertiary/aromatic N) is 3. The van der Waals surface area contributed by atoms with Crippen molar-refractivity contribution in [1.82, 2.24) is 14.5 Å². The minimum atomic E-state index is -4.03. The molecule has 1 saturated carbocycles. The molecule has 0 bridgehead atoms. The predicted molar refractivity (Wildman–Crippen MR) is 115 cm³/mol. The maximum Gasteiger partial charge on any atom is 0.333 e. The average molecular weight is 444 g/mol. The van der Waals surface area contributed by atoms with Crippen molar-refractivity contribution in [2.24, 2.45) is 11.1 Å². The molecule has 2 aliphatic rings. The maximum absolute atomic E-state index is 11.1. The zero-order chi connectivity index (χ0) is 21.6. The van der Waals surface area contributed by atoms with E-state index in [4.69, 9.17) is 9.32 Å². The van der Waals surface area contributed by atoms with Crippen molar-refractivity contribution < 1.29 is 17.7 Å². The van der Waals surface area contributed by atoms with Crippen LogP contribution in [0.4, 0.5) is 5.82 Å². The van der Waals surface area contributed by atoms with E-state index >= 15 is 0 Å². The number of hydrogen-bond acceptors (Lipinski definition) is 7. The zero-order valence-electron chi connectivity index (χ0n) is 16.9. The summed E-state index contributed by atoms with van der Waals surface area (Å²) in [5.74, 6) is 0.480. The summed E-state index contributed by atoms with van der Waals surface area (Å²) in [7, 11) is -4.03. The number of aryl methyl sites for hydroxylation is 1. The van der Waals surface area contributed by atoms with Crippen LogP contribution in [0.3, 0.4) is 0 Å². The molecule has 0 saturated heterocycles. The SMILES string of the molecule is NS(=O)(=O)OC[C@@H]1C[C@H](n2ccc3c(N[C@H]4CCc5ccccc54)ncnc32)C[C@H]1O. The maximum atomic E-state index is 11.1. The first-order chi connectivity index (χ1) is 14.9. The number of rotatable bonds is 6. The Kier molecular flexibility index (Phi) is 5.17. The largest absolute Gasteiger partial charge is 0.393 e. The molecule has 31 heavy (non-hydrogen) atoms. The quantitative estimate of drug-likeness (QED) is 0.531. The Balaban J connectivity index is 1.37. The van der Waals surface area contributed by atoms with E-state index in [0.29, 0.717) is 12.8 Å². The Morgan fingerprint density at radius 2 is 2.06 bits per heavy atom. The highest BCUT2D eigenvalue weighted by Gasteiger charge is 2.35. The van der Waals surface area contributed by atoms with Crippen molar-refractivity contribution in [2.45, 2.75) is 43.9 Å². The lowest BCUT2D eigenvalue weighted by Gasteiger charge is -2.16. The second-order valence-corrected chi connectivity index (χ2v) is 9.57. The van der Waals surface area contributed by atoms with Gasteiger partial charge in [0.2, 0.25) is 0 Å². The third-order valence-corrected chi connectivity index (χ3v) is 6.89. The minimum absolute atomic E-state index is 0.0171. The lowest BCUT2D eigenvalue weighted by Crippen LogP contribution is -2.24. The van der Waals surface area contributed by atoms with Gasteiger partial charge in [0.1, 0.15) is 17.8 Å². The van der Waals surface area contributed by atoms with Crippen LogP contribution in [-0.4, -0.2) is 40.8 Å². The number of hydrogen-bond donors (Lipinski definition) is 3. The van der Waals surface area contributed by atoms with Crippen LogP contribution >= 0.6 is 0 Å². The van der Waals surface area contributed by atoms with Crippen molar-refractivity contribution in [2.75, 3.05) is 11.9 Å². The van der Waals surface area contributed by atoms with E-state index in [9.17, 15) is 13.5 Å². The molecule has 164 valence electrons. The van der Waals surface area contributed by atoms with E-state index in [0.717, 1.165) is 29.7 Å². The van der Waals surface area contributed by atoms with Crippen molar-refractivity contribution in [3.63, 3.8) is 0 Å². The van der Waals surface area contributed by atoms with Gasteiger partial charge in [-0.25, -0.2) is 15.1 Å². The molecular weight excluding hydrogens is 418 g/mol. The molecule has 4 atom stereocenters. The molecule has 2 aliphatic carbocycles. The summed E-state index contributed by atoms with van der Waals surface area (Å²) in [6, 6.07) is 10.6. The summed E-state index contributed by atoms with van der Waals surface area (Å²) < 4.78 is 28.9. The molecule has 0 unspecified atom stereocenters. The van der Waals surface area contributed by atoms with E-state index in [1.165, 1.54) is 11.1 Å². The Bertz CT molecular complexity index is 1210. The lowest BCUT2D eigenvalue weighted by molar-refractivity contribution is 0.100. The van der Waals surface area contributed by atoms with Gasteiger partial charge in [-0.2, -0.15) is 8.42 Å². The fourth-order valence-electron chi connectivity index (χ4n) is 4.92. The smallest absolute Gasteiger partial charge is 0.333 e. The first-order valence-corrected chi connectivity index (χ1v) is 11.9. The first-order valence-electron chi connectivity index (χ1n) is 10.4. The lowest BCUT2D eigenvalue weighted by atomic mass is 10.1. The van der Waals surface area contributed by atoms with Gasteiger partial charge in [0.25, 0.3) is 0 Å². The predicted octanol–water partition coefficient (Wildman–Crippen LogP) is 2.06. The van der Waals surface area contributed by atoms with Crippen molar-refractivity contribution in [3.05, 3.63) is 54.0 Å². The molecule has 1 aromatic carbocycles. The summed E-state index contributed by atoms with van der Waals surface area (Å²) in [5.41, 5.74) is 3.47. The summed E-state index contributed by atoms with van der Waals surface area (Å²) in [4.78, 5) is 8.97. The molecule has 4 N–H and O–H groups in total. The van der Waals surface area contributed by atoms with Gasteiger partial charge in [0, 0.05) is 18.2 Å². The van der Waals surface area contributed by atoms with Gasteiger partial charge in [-0.1, -0.05) is 24.3 Å². The van der Waals surface area contributed by atoms with E-state index in [2.05, 4.69) is 39.6 Å². The van der Waals surface area contributed by atoms with Crippen LogP contribution in [0.1, 0.15) is 42.5 Å². The summed E-state index contributed by atoms with van der Waals surface area (Å²) in [6.45, 7) is -0.126. The number of fused-ring (bicyclic) bond motifs is 2. The van der Waals surface area contributed by atoms with Crippen LogP contribution in [0, 0.1) is 5.92 Å². The van der Waals surface area contributed by atoms with E-state index in [-0.39, 0.29) is 24.6 Å². The molecule has 0 radical (unpaired) electrons. The summed E-state index contributed by atoms with van der Waals surface area (Å²) >= 11 is 0. The molecule has 0 aliphatic heterocycles. The van der Waals surface area contributed by atoms with Crippen LogP contribution in [-0.2, 0) is 20.9 Å². The minimum Gasteiger partial charge on any atom is -0.393 e. The van der Waals surface area contributed by atoms with Gasteiger partial charge in [0.15, 0.2) is 0 Å². The summed E-state index contributed by atoms with van der Waals surface area (Å²) in [6.07, 6.45) is 5.96. The standard InChI is InChI=1S/C21H25N5O4S/c22-31(28,29)30-11-14-9-15(10-19(14)27)26-8-7-17-20(23-12-24-21(17)26)25-18-6-5-13-3-1-2-4-16(13)18/h1-4,7-8,12,14-15,18-19,27H,5-6,9-11H2,(H2,22,28,29)(H,23,24,25)/t14-,15-,18-,19+/m0/s1. The van der Waals surface area contributed by atoms with Gasteiger partial charge in [-0.15, -0.1) is 0 Å². The Labute approximate surface area is 180 Å². The van der Waals surface area contributed by atoms with Gasteiger partial charge in [-0.3, -0.25) is 4.18 Å². The normalized spacial score (nSPS) is 25.7. The molecule has 2 aromatic heterocycles. The molecular formula is C21H25N5O4S. The average Bonchev–Trinajstić information content (AvgIpc) is 3.43. The molecule has 5 rings (SSSR count). The molecule has 3 aromatic rings. The fraction of sp³-hybridized carbons (Fsp3) is 0.429. The zero-order valence-corrected chi connectivity index (χ0v) is 17.7. The van der Waals surface area contributed by atoms with Crippen LogP contribution in [0.15, 0.2) is 42.9 Å². The summed E-state index contributed by atoms with van der Waals surface area (Å²) in [5, 5.41) is 19.8. The number of anilines is 1. The molecule has 2 heterocycles. The van der Waals surface area contributed by atoms with Gasteiger partial charge >= 0.3 is 10.3 Å². The second-order valence-electron chi connectivity index (χ2n) is 8.35. The number of nitrogens with two attached hydrogens (primary N) is 1. The second kappa shape index (κ2) is 7.86. The Hall–Kier alpha value is -2.53. The van der Waals surface area contributed by atoms with Crippen LogP contribution in [0.2, 0.25) is 0 Å².